The van der Waals surface area contributed by atoms with E-state index < -0.39 is 113 Å². The van der Waals surface area contributed by atoms with E-state index in [1.165, 1.54) is 0 Å². The van der Waals surface area contributed by atoms with E-state index in [9.17, 15) is 6.85 Å². The molecule has 0 unspecified atom stereocenters. The number of nitrogens with zero attached hydrogens (tertiary/aromatic N) is 3. The quantitative estimate of drug-likeness (QED) is 0.162. The van der Waals surface area contributed by atoms with Gasteiger partial charge < -0.3 is 9.32 Å². The summed E-state index contributed by atoms with van der Waals surface area (Å²) in [6.45, 7) is 0. The van der Waals surface area contributed by atoms with Crippen molar-refractivity contribution in [1.29, 1.82) is 0 Å². The fourth-order valence-corrected chi connectivity index (χ4v) is 7.29. The first-order valence-corrected chi connectivity index (χ1v) is 18.3. The van der Waals surface area contributed by atoms with Gasteiger partial charge in [-0.25, -0.2) is 9.97 Å². The molecule has 11 rings (SSSR count). The van der Waals surface area contributed by atoms with E-state index in [1.807, 2.05) is 91.0 Å². The summed E-state index contributed by atoms with van der Waals surface area (Å²) in [5.41, 5.74) is 5.54. The van der Waals surface area contributed by atoms with Crippen LogP contribution in [-0.4, -0.2) is 9.97 Å². The van der Waals surface area contributed by atoms with Gasteiger partial charge in [-0.1, -0.05) is 133 Å². The lowest BCUT2D eigenvalue weighted by Gasteiger charge is -2.25. The van der Waals surface area contributed by atoms with E-state index in [0.29, 0.717) is 39.0 Å². The molecule has 0 fully saturated rings. The van der Waals surface area contributed by atoms with Gasteiger partial charge in [-0.15, -0.1) is 0 Å². The zero-order valence-corrected chi connectivity index (χ0v) is 30.3. The summed E-state index contributed by atoms with van der Waals surface area (Å²) < 4.78 is 139. The van der Waals surface area contributed by atoms with Gasteiger partial charge in [0.2, 0.25) is 0 Å². The van der Waals surface area contributed by atoms with Crippen LogP contribution in [0.2, 0.25) is 0 Å². The Balaban J connectivity index is 1.09. The van der Waals surface area contributed by atoms with Crippen molar-refractivity contribution in [3.8, 4) is 44.8 Å². The van der Waals surface area contributed by atoms with Crippen molar-refractivity contribution in [1.82, 2.24) is 9.97 Å². The van der Waals surface area contributed by atoms with Gasteiger partial charge in [0, 0.05) is 39.0 Å². The highest BCUT2D eigenvalue weighted by atomic mass is 16.3. The molecule has 0 aliphatic heterocycles. The Morgan fingerprint density at radius 1 is 0.431 bits per heavy atom. The molecule has 0 bridgehead atoms. The molecular formula is C54H35N3O. The molecule has 9 aromatic carbocycles. The van der Waals surface area contributed by atoms with Crippen LogP contribution in [0, 0.1) is 0 Å². The van der Waals surface area contributed by atoms with Gasteiger partial charge in [0.1, 0.15) is 11.2 Å². The van der Waals surface area contributed by atoms with Crippen LogP contribution in [-0.2, 0) is 0 Å². The molecule has 0 amide bonds. The number of anilines is 3. The minimum atomic E-state index is -0.847. The summed E-state index contributed by atoms with van der Waals surface area (Å²) in [5.74, 6) is 0. The van der Waals surface area contributed by atoms with E-state index in [1.54, 1.807) is 18.2 Å². The second-order valence-electron chi connectivity index (χ2n) is 13.4. The van der Waals surface area contributed by atoms with Gasteiger partial charge >= 0.3 is 0 Å². The first-order chi connectivity index (χ1) is 35.0. The molecule has 0 aliphatic carbocycles. The molecule has 0 atom stereocenters. The van der Waals surface area contributed by atoms with E-state index in [4.69, 9.17) is 28.1 Å². The maximum Gasteiger partial charge on any atom is 0.136 e. The van der Waals surface area contributed by atoms with Crippen molar-refractivity contribution in [3.63, 3.8) is 0 Å². The molecule has 0 N–H and O–H groups in total. The molecule has 2 aromatic heterocycles. The number of hydrogen-bond acceptors (Lipinski definition) is 4. The molecule has 0 saturated carbocycles. The Kier molecular flexibility index (Phi) is 5.20. The Labute approximate surface area is 357 Å². The number of aromatic nitrogens is 2. The lowest BCUT2D eigenvalue weighted by Crippen LogP contribution is -2.09. The molecule has 0 radical (unpaired) electrons. The average Bonchev–Trinajstić information content (AvgIpc) is 3.78. The Morgan fingerprint density at radius 2 is 1.09 bits per heavy atom. The normalized spacial score (nSPS) is 15.1. The molecule has 272 valence electrons. The van der Waals surface area contributed by atoms with Gasteiger partial charge in [0.05, 0.1) is 43.0 Å². The monoisotopic (exact) mass is 756 g/mol. The first-order valence-electron chi connectivity index (χ1n) is 25.8. The van der Waals surface area contributed by atoms with Crippen molar-refractivity contribution in [2.24, 2.45) is 0 Å². The smallest absolute Gasteiger partial charge is 0.136 e. The third kappa shape index (κ3) is 5.96. The predicted octanol–water partition coefficient (Wildman–Crippen LogP) is 14.8. The maximum absolute atomic E-state index is 9.54. The third-order valence-electron chi connectivity index (χ3n) is 9.94. The van der Waals surface area contributed by atoms with E-state index >= 15 is 0 Å². The third-order valence-corrected chi connectivity index (χ3v) is 9.94. The first kappa shape index (κ1) is 21.5. The average molecular weight is 757 g/mol. The number of hydrogen-bond donors (Lipinski definition) is 0. The molecule has 4 heteroatoms. The van der Waals surface area contributed by atoms with Crippen LogP contribution in [0.25, 0.3) is 88.5 Å². The molecule has 0 saturated heterocycles. The van der Waals surface area contributed by atoms with E-state index in [-0.39, 0.29) is 16.5 Å². The SMILES string of the molecule is [2H]c1c([2H])c([2H])c(N(c2cc([2H])c3c([2H])c(-c4ccc5c(c4)oc4cccc(-c6nc7ccccc7nc6-c6cccc(-c7ccccc7)c6)c45)c([2H])c([2H])c3c2[2H])c2c([2H])c([2H])c([2H])c([2H])c2[2H])c([2H])c1[2H]. The second-order valence-corrected chi connectivity index (χ2v) is 13.4. The van der Waals surface area contributed by atoms with Crippen molar-refractivity contribution in [3.05, 3.63) is 212 Å². The summed E-state index contributed by atoms with van der Waals surface area (Å²) in [5, 5.41) is 0.770. The summed E-state index contributed by atoms with van der Waals surface area (Å²) in [6.07, 6.45) is 0. The number of benzene rings is 9. The van der Waals surface area contributed by atoms with Crippen LogP contribution in [0.5, 0.6) is 0 Å². The lowest BCUT2D eigenvalue weighted by atomic mass is 9.96. The van der Waals surface area contributed by atoms with Gasteiger partial charge in [-0.3, -0.25) is 0 Å². The van der Waals surface area contributed by atoms with Crippen molar-refractivity contribution < 1.29 is 25.0 Å². The molecule has 0 aliphatic rings. The molecule has 0 spiro atoms. The van der Waals surface area contributed by atoms with Crippen LogP contribution in [0.3, 0.4) is 0 Å². The van der Waals surface area contributed by atoms with Gasteiger partial charge in [-0.05, 0) is 112 Å². The molecular weight excluding hydrogens is 707 g/mol. The lowest BCUT2D eigenvalue weighted by molar-refractivity contribution is 0.669. The fraction of sp³-hybridized carbons (Fsp3) is 0. The number of rotatable bonds is 7. The number of fused-ring (bicyclic) bond motifs is 5. The van der Waals surface area contributed by atoms with E-state index in [2.05, 4.69) is 6.07 Å². The summed E-state index contributed by atoms with van der Waals surface area (Å²) in [7, 11) is 0. The number of para-hydroxylation sites is 4. The van der Waals surface area contributed by atoms with Crippen LogP contribution in [0.4, 0.5) is 17.1 Å². The minimum absolute atomic E-state index is 0.0604. The zero-order valence-electron chi connectivity index (χ0n) is 45.3. The predicted molar refractivity (Wildman–Crippen MR) is 241 cm³/mol. The van der Waals surface area contributed by atoms with Crippen molar-refractivity contribution in [2.45, 2.75) is 0 Å². The highest BCUT2D eigenvalue weighted by molar-refractivity contribution is 6.14. The Bertz CT molecular complexity index is 4060. The Hall–Kier alpha value is -7.82. The van der Waals surface area contributed by atoms with E-state index in [0.717, 1.165) is 38.6 Å². The highest BCUT2D eigenvalue weighted by Gasteiger charge is 2.20. The van der Waals surface area contributed by atoms with Gasteiger partial charge in [0.15, 0.2) is 0 Å². The summed E-state index contributed by atoms with van der Waals surface area (Å²) in [4.78, 5) is 11.1. The highest BCUT2D eigenvalue weighted by Crippen LogP contribution is 2.42. The molecule has 11 aromatic rings. The van der Waals surface area contributed by atoms with Crippen LogP contribution in [0.15, 0.2) is 216 Å². The Morgan fingerprint density at radius 3 is 1.86 bits per heavy atom. The van der Waals surface area contributed by atoms with Crippen molar-refractivity contribution >= 4 is 60.8 Å². The minimum Gasteiger partial charge on any atom is -0.456 e. The largest absolute Gasteiger partial charge is 0.456 e. The fourth-order valence-electron chi connectivity index (χ4n) is 7.29. The summed E-state index contributed by atoms with van der Waals surface area (Å²) in [6, 6.07) is 26.6. The standard InChI is InChI=1S/C54H35N3O/c1-4-14-36(15-5-1)37-16-12-17-42(33-37)53-54(56-49-24-11-10-23-48(49)55-53)47-22-13-25-50-52(47)46-31-29-41(35-51(46)58-50)38-26-27-40-34-45(30-28-39(40)32-38)57(43-18-6-2-7-19-43)44-20-8-3-9-21-44/h1-35H/i2D,3D,6D,7D,8D,9D,18D,19D,20D,21D,26D,27D,28D,32D,34D. The van der Waals surface area contributed by atoms with Crippen molar-refractivity contribution in [2.75, 3.05) is 4.90 Å². The number of furan rings is 1. The van der Waals surface area contributed by atoms with Gasteiger partial charge in [0.25, 0.3) is 0 Å². The van der Waals surface area contributed by atoms with Crippen LogP contribution >= 0.6 is 0 Å². The van der Waals surface area contributed by atoms with Crippen LogP contribution < -0.4 is 4.90 Å². The maximum atomic E-state index is 9.54. The molecule has 58 heavy (non-hydrogen) atoms. The summed E-state index contributed by atoms with van der Waals surface area (Å²) >= 11 is 0. The molecule has 4 nitrogen and oxygen atoms in total. The molecule has 2 heterocycles. The van der Waals surface area contributed by atoms with Crippen LogP contribution in [0.1, 0.15) is 20.6 Å². The zero-order chi connectivity index (χ0) is 51.5. The topological polar surface area (TPSA) is 42.2 Å². The second kappa shape index (κ2) is 14.0. The van der Waals surface area contributed by atoms with Gasteiger partial charge in [-0.2, -0.15) is 0 Å².